The molecule has 2 aromatic rings. The van der Waals surface area contributed by atoms with E-state index in [1.807, 2.05) is 38.1 Å². The standard InChI is InChI=1S/C30H33N3O6S/c1-16-7-4-5-9-20(16)13-32-14-22(12-23(32)28(36)31-21-10-6-8-19(11-21)15-34)40-27-17(2)25-24(18(3)35)29(37)33(25)26(27)30(38)39/h4-11,15,17-18,22-25,35H,12-14H2,1-3H3,(H,31,36)(H,38,39)/t17-,18-,22+,23+,24-,25-/m1/s1. The Labute approximate surface area is 237 Å². The molecule has 3 heterocycles. The first-order chi connectivity index (χ1) is 19.1. The fraction of sp³-hybridized carbons (Fsp3) is 0.400. The number of aldehydes is 1. The molecular weight excluding hydrogens is 530 g/mol. The molecule has 10 heteroatoms. The maximum atomic E-state index is 13.6. The van der Waals surface area contributed by atoms with Gasteiger partial charge in [-0.25, -0.2) is 4.79 Å². The van der Waals surface area contributed by atoms with Crippen LogP contribution in [0.3, 0.4) is 0 Å². The number of β-lactam (4-membered cyclic amide) rings is 1. The molecule has 0 radical (unpaired) electrons. The van der Waals surface area contributed by atoms with Gasteiger partial charge in [-0.05, 0) is 43.5 Å². The normalized spacial score (nSPS) is 26.9. The fourth-order valence-corrected chi connectivity index (χ4v) is 7.73. The van der Waals surface area contributed by atoms with E-state index < -0.39 is 24.0 Å². The van der Waals surface area contributed by atoms with Crippen molar-refractivity contribution >= 4 is 41.5 Å². The number of carboxylic acid groups (broad SMARTS) is 1. The summed E-state index contributed by atoms with van der Waals surface area (Å²) in [6.07, 6.45) is 0.351. The van der Waals surface area contributed by atoms with Gasteiger partial charge in [-0.15, -0.1) is 11.8 Å². The molecule has 0 aromatic heterocycles. The van der Waals surface area contributed by atoms with Crippen LogP contribution in [0.15, 0.2) is 59.1 Å². The second-order valence-corrected chi connectivity index (χ2v) is 12.2. The molecule has 0 aliphatic carbocycles. The maximum absolute atomic E-state index is 13.6. The number of aliphatic hydroxyl groups excluding tert-OH is 1. The SMILES string of the molecule is Cc1ccccc1CN1C[C@@H](SC2=C(C(=O)O)N3C(=O)[C@H]([C@@H](C)O)[C@H]3[C@H]2C)C[C@H]1C(=O)Nc1cccc(C=O)c1. The number of benzene rings is 2. The van der Waals surface area contributed by atoms with Crippen molar-refractivity contribution in [1.82, 2.24) is 9.80 Å². The van der Waals surface area contributed by atoms with E-state index in [0.29, 0.717) is 35.7 Å². The number of amides is 2. The predicted octanol–water partition coefficient (Wildman–Crippen LogP) is 3.28. The van der Waals surface area contributed by atoms with Crippen molar-refractivity contribution in [2.45, 2.75) is 57.2 Å². The van der Waals surface area contributed by atoms with E-state index in [-0.39, 0.29) is 34.7 Å². The number of anilines is 1. The number of carbonyl (C=O) groups excluding carboxylic acids is 3. The number of thioether (sulfide) groups is 1. The van der Waals surface area contributed by atoms with E-state index in [9.17, 15) is 29.4 Å². The van der Waals surface area contributed by atoms with Crippen LogP contribution in [-0.4, -0.2) is 74.1 Å². The summed E-state index contributed by atoms with van der Waals surface area (Å²) in [6.45, 7) is 6.59. The van der Waals surface area contributed by atoms with Crippen molar-refractivity contribution in [3.05, 3.63) is 75.8 Å². The summed E-state index contributed by atoms with van der Waals surface area (Å²) in [4.78, 5) is 53.9. The Hall–Kier alpha value is -3.47. The van der Waals surface area contributed by atoms with Crippen LogP contribution in [0.2, 0.25) is 0 Å². The molecule has 40 heavy (non-hydrogen) atoms. The molecule has 6 atom stereocenters. The van der Waals surface area contributed by atoms with Gasteiger partial charge in [-0.3, -0.25) is 19.3 Å². The van der Waals surface area contributed by atoms with Gasteiger partial charge in [0.15, 0.2) is 0 Å². The number of carbonyl (C=O) groups is 4. The Kier molecular flexibility index (Phi) is 7.85. The summed E-state index contributed by atoms with van der Waals surface area (Å²) >= 11 is 1.43. The number of fused-ring (bicyclic) bond motifs is 1. The highest BCUT2D eigenvalue weighted by atomic mass is 32.2. The lowest BCUT2D eigenvalue weighted by atomic mass is 9.79. The first kappa shape index (κ1) is 28.1. The van der Waals surface area contributed by atoms with Crippen molar-refractivity contribution in [1.29, 1.82) is 0 Å². The van der Waals surface area contributed by atoms with E-state index in [4.69, 9.17) is 0 Å². The Bertz CT molecular complexity index is 1390. The lowest BCUT2D eigenvalue weighted by molar-refractivity contribution is -0.163. The van der Waals surface area contributed by atoms with Gasteiger partial charge in [0, 0.05) is 40.4 Å². The number of carboxylic acids is 1. The molecule has 2 aromatic carbocycles. The van der Waals surface area contributed by atoms with Crippen molar-refractivity contribution < 1.29 is 29.4 Å². The maximum Gasteiger partial charge on any atom is 0.353 e. The zero-order valence-electron chi connectivity index (χ0n) is 22.6. The molecule has 3 aliphatic heterocycles. The average molecular weight is 564 g/mol. The Morgan fingerprint density at radius 3 is 2.62 bits per heavy atom. The fourth-order valence-electron chi connectivity index (χ4n) is 6.17. The molecule has 3 N–H and O–H groups in total. The van der Waals surface area contributed by atoms with Gasteiger partial charge >= 0.3 is 5.97 Å². The Balaban J connectivity index is 1.40. The molecule has 0 bridgehead atoms. The molecule has 210 valence electrons. The summed E-state index contributed by atoms with van der Waals surface area (Å²) in [5, 5.41) is 23.1. The number of likely N-dealkylation sites (tertiary alicyclic amines) is 1. The number of aryl methyl sites for hydroxylation is 1. The van der Waals surface area contributed by atoms with Gasteiger partial charge in [0.25, 0.3) is 0 Å². The highest BCUT2D eigenvalue weighted by Gasteiger charge is 2.60. The minimum atomic E-state index is -1.16. The van der Waals surface area contributed by atoms with Gasteiger partial charge in [0.2, 0.25) is 11.8 Å². The van der Waals surface area contributed by atoms with Crippen LogP contribution in [0, 0.1) is 18.8 Å². The third-order valence-corrected chi connectivity index (χ3v) is 9.69. The molecule has 5 rings (SSSR count). The van der Waals surface area contributed by atoms with Crippen LogP contribution in [-0.2, 0) is 20.9 Å². The number of nitrogens with one attached hydrogen (secondary N) is 1. The van der Waals surface area contributed by atoms with Crippen LogP contribution in [0.1, 0.15) is 41.8 Å². The van der Waals surface area contributed by atoms with Gasteiger partial charge in [-0.2, -0.15) is 0 Å². The molecule has 2 saturated heterocycles. The monoisotopic (exact) mass is 563 g/mol. The van der Waals surface area contributed by atoms with Crippen molar-refractivity contribution in [2.24, 2.45) is 11.8 Å². The summed E-state index contributed by atoms with van der Waals surface area (Å²) in [7, 11) is 0. The highest BCUT2D eigenvalue weighted by Crippen LogP contribution is 2.52. The van der Waals surface area contributed by atoms with E-state index in [1.54, 1.807) is 31.2 Å². The van der Waals surface area contributed by atoms with Crippen molar-refractivity contribution in [3.8, 4) is 0 Å². The summed E-state index contributed by atoms with van der Waals surface area (Å²) in [5.41, 5.74) is 3.21. The third kappa shape index (κ3) is 5.07. The van der Waals surface area contributed by atoms with Crippen LogP contribution >= 0.6 is 11.8 Å². The van der Waals surface area contributed by atoms with Crippen LogP contribution in [0.25, 0.3) is 0 Å². The van der Waals surface area contributed by atoms with E-state index >= 15 is 0 Å². The number of nitrogens with zero attached hydrogens (tertiary/aromatic N) is 2. The Morgan fingerprint density at radius 1 is 1.20 bits per heavy atom. The van der Waals surface area contributed by atoms with Crippen LogP contribution in [0.4, 0.5) is 5.69 Å². The molecule has 0 spiro atoms. The topological polar surface area (TPSA) is 127 Å². The minimum absolute atomic E-state index is 0.00608. The predicted molar refractivity (Wildman–Crippen MR) is 151 cm³/mol. The van der Waals surface area contributed by atoms with Crippen molar-refractivity contribution in [2.75, 3.05) is 11.9 Å². The first-order valence-electron chi connectivity index (χ1n) is 13.4. The van der Waals surface area contributed by atoms with Crippen LogP contribution in [0.5, 0.6) is 0 Å². The largest absolute Gasteiger partial charge is 0.477 e. The second kappa shape index (κ2) is 11.2. The summed E-state index contributed by atoms with van der Waals surface area (Å²) in [5.74, 6) is -2.57. The Morgan fingerprint density at radius 2 is 1.95 bits per heavy atom. The van der Waals surface area contributed by atoms with Crippen LogP contribution < -0.4 is 5.32 Å². The quantitative estimate of drug-likeness (QED) is 0.313. The molecule has 0 unspecified atom stereocenters. The first-order valence-corrected chi connectivity index (χ1v) is 14.3. The number of hydrogen-bond acceptors (Lipinski definition) is 7. The van der Waals surface area contributed by atoms with E-state index in [0.717, 1.165) is 17.4 Å². The second-order valence-electron chi connectivity index (χ2n) is 10.9. The molecule has 2 amide bonds. The molecule has 9 nitrogen and oxygen atoms in total. The number of aliphatic hydroxyl groups is 1. The molecule has 0 saturated carbocycles. The minimum Gasteiger partial charge on any atom is -0.477 e. The third-order valence-electron chi connectivity index (χ3n) is 8.20. The van der Waals surface area contributed by atoms with Gasteiger partial charge < -0.3 is 20.4 Å². The summed E-state index contributed by atoms with van der Waals surface area (Å²) < 4.78 is 0. The summed E-state index contributed by atoms with van der Waals surface area (Å²) in [6, 6.07) is 13.9. The lowest BCUT2D eigenvalue weighted by Gasteiger charge is -2.46. The van der Waals surface area contributed by atoms with E-state index in [2.05, 4.69) is 10.2 Å². The van der Waals surface area contributed by atoms with Gasteiger partial charge in [0.05, 0.1) is 24.1 Å². The highest BCUT2D eigenvalue weighted by molar-refractivity contribution is 8.03. The van der Waals surface area contributed by atoms with Gasteiger partial charge in [-0.1, -0.05) is 43.3 Å². The van der Waals surface area contributed by atoms with Crippen molar-refractivity contribution in [3.63, 3.8) is 0 Å². The lowest BCUT2D eigenvalue weighted by Crippen LogP contribution is -2.63. The average Bonchev–Trinajstić information content (AvgIpc) is 3.42. The zero-order chi connectivity index (χ0) is 28.7. The molecule has 2 fully saturated rings. The molecular formula is C30H33N3O6S. The number of hydrogen-bond donors (Lipinski definition) is 3. The number of aliphatic carboxylic acids is 1. The smallest absolute Gasteiger partial charge is 0.353 e. The number of rotatable bonds is 9. The zero-order valence-corrected chi connectivity index (χ0v) is 23.4. The molecule has 3 aliphatic rings. The van der Waals surface area contributed by atoms with E-state index in [1.165, 1.54) is 16.7 Å². The van der Waals surface area contributed by atoms with Gasteiger partial charge in [0.1, 0.15) is 12.0 Å².